The standard InChI is InChI=1S/C19H29FN4O/c1-25-17-5-3-16(4-6-17)23-10-8-19(13-23)7-2-9-24(14-19)18-21-11-15(20)12-22-18/h11-12,16-17H,2-10,13-14H2,1H3/t16-,17-,19-/m1/s1. The number of aromatic nitrogens is 2. The first-order chi connectivity index (χ1) is 12.2. The van der Waals surface area contributed by atoms with Gasteiger partial charge < -0.3 is 9.64 Å². The quantitative estimate of drug-likeness (QED) is 0.840. The molecule has 0 radical (unpaired) electrons. The van der Waals surface area contributed by atoms with Crippen molar-refractivity contribution in [2.75, 3.05) is 38.2 Å². The van der Waals surface area contributed by atoms with Crippen LogP contribution in [0.15, 0.2) is 12.4 Å². The molecule has 6 heteroatoms. The van der Waals surface area contributed by atoms with Gasteiger partial charge in [0.25, 0.3) is 0 Å². The van der Waals surface area contributed by atoms with Crippen molar-refractivity contribution < 1.29 is 9.13 Å². The number of halogens is 1. The summed E-state index contributed by atoms with van der Waals surface area (Å²) in [5.74, 6) is 0.314. The Labute approximate surface area is 149 Å². The zero-order valence-electron chi connectivity index (χ0n) is 15.2. The molecule has 1 spiro atoms. The number of hydrogen-bond donors (Lipinski definition) is 0. The Morgan fingerprint density at radius 3 is 2.56 bits per heavy atom. The van der Waals surface area contributed by atoms with Crippen LogP contribution in [0.25, 0.3) is 0 Å². The van der Waals surface area contributed by atoms with Crippen molar-refractivity contribution in [3.8, 4) is 0 Å². The average Bonchev–Trinajstić information content (AvgIpc) is 3.05. The van der Waals surface area contributed by atoms with Crippen LogP contribution in [0.5, 0.6) is 0 Å². The van der Waals surface area contributed by atoms with Gasteiger partial charge in [0.1, 0.15) is 0 Å². The second kappa shape index (κ2) is 7.16. The number of likely N-dealkylation sites (tertiary alicyclic amines) is 1. The Morgan fingerprint density at radius 2 is 1.84 bits per heavy atom. The van der Waals surface area contributed by atoms with Crippen molar-refractivity contribution in [3.63, 3.8) is 0 Å². The molecular formula is C19H29FN4O. The first kappa shape index (κ1) is 17.2. The summed E-state index contributed by atoms with van der Waals surface area (Å²) in [6, 6.07) is 0.725. The molecule has 0 bridgehead atoms. The van der Waals surface area contributed by atoms with Gasteiger partial charge >= 0.3 is 0 Å². The summed E-state index contributed by atoms with van der Waals surface area (Å²) in [6.45, 7) is 4.38. The summed E-state index contributed by atoms with van der Waals surface area (Å²) in [5, 5.41) is 0. The Hall–Kier alpha value is -1.27. The van der Waals surface area contributed by atoms with E-state index in [0.717, 1.165) is 19.1 Å². The minimum atomic E-state index is -0.367. The fourth-order valence-electron chi connectivity index (χ4n) is 5.11. The van der Waals surface area contributed by atoms with Gasteiger partial charge in [0.05, 0.1) is 18.5 Å². The molecule has 1 aromatic heterocycles. The highest BCUT2D eigenvalue weighted by Gasteiger charge is 2.44. The summed E-state index contributed by atoms with van der Waals surface area (Å²) in [5.41, 5.74) is 0.355. The number of anilines is 1. The zero-order chi connectivity index (χ0) is 17.3. The van der Waals surface area contributed by atoms with E-state index < -0.39 is 0 Å². The topological polar surface area (TPSA) is 41.5 Å². The van der Waals surface area contributed by atoms with Crippen molar-refractivity contribution in [1.29, 1.82) is 0 Å². The number of rotatable bonds is 3. The molecule has 4 rings (SSSR count). The fraction of sp³-hybridized carbons (Fsp3) is 0.789. The van der Waals surface area contributed by atoms with Crippen LogP contribution in [0.1, 0.15) is 44.9 Å². The first-order valence-corrected chi connectivity index (χ1v) is 9.67. The molecule has 138 valence electrons. The molecule has 0 aromatic carbocycles. The van der Waals surface area contributed by atoms with E-state index in [1.165, 1.54) is 70.4 Å². The molecule has 1 saturated carbocycles. The number of nitrogens with zero attached hydrogens (tertiary/aromatic N) is 4. The molecule has 3 aliphatic rings. The van der Waals surface area contributed by atoms with E-state index in [0.29, 0.717) is 17.5 Å². The lowest BCUT2D eigenvalue weighted by molar-refractivity contribution is 0.0406. The van der Waals surface area contributed by atoms with Gasteiger partial charge in [-0.1, -0.05) is 0 Å². The minimum absolute atomic E-state index is 0.355. The molecular weight excluding hydrogens is 319 g/mol. The van der Waals surface area contributed by atoms with Crippen LogP contribution in [0.2, 0.25) is 0 Å². The van der Waals surface area contributed by atoms with Crippen molar-refractivity contribution in [1.82, 2.24) is 14.9 Å². The van der Waals surface area contributed by atoms with Crippen molar-refractivity contribution >= 4 is 5.95 Å². The monoisotopic (exact) mass is 348 g/mol. The molecule has 2 saturated heterocycles. The third kappa shape index (κ3) is 3.65. The predicted octanol–water partition coefficient (Wildman–Crippen LogP) is 2.87. The zero-order valence-corrected chi connectivity index (χ0v) is 15.2. The van der Waals surface area contributed by atoms with Crippen LogP contribution in [-0.4, -0.2) is 60.3 Å². The second-order valence-corrected chi connectivity index (χ2v) is 8.11. The highest BCUT2D eigenvalue weighted by molar-refractivity contribution is 5.30. The van der Waals surface area contributed by atoms with Crippen LogP contribution in [0.4, 0.5) is 10.3 Å². The molecule has 3 heterocycles. The summed E-state index contributed by atoms with van der Waals surface area (Å²) < 4.78 is 18.6. The molecule has 0 N–H and O–H groups in total. The van der Waals surface area contributed by atoms with E-state index in [-0.39, 0.29) is 5.82 Å². The van der Waals surface area contributed by atoms with E-state index >= 15 is 0 Å². The lowest BCUT2D eigenvalue weighted by atomic mass is 9.79. The number of ether oxygens (including phenoxy) is 1. The van der Waals surface area contributed by atoms with E-state index in [1.54, 1.807) is 0 Å². The van der Waals surface area contributed by atoms with Gasteiger partial charge in [0.15, 0.2) is 5.82 Å². The van der Waals surface area contributed by atoms with Crippen LogP contribution in [0.3, 0.4) is 0 Å². The SMILES string of the molecule is CO[C@H]1CC[C@H](N2CC[C@]3(CCCN(c4ncc(F)cn4)C3)C2)CC1. The highest BCUT2D eigenvalue weighted by Crippen LogP contribution is 2.42. The summed E-state index contributed by atoms with van der Waals surface area (Å²) >= 11 is 0. The van der Waals surface area contributed by atoms with E-state index in [2.05, 4.69) is 19.8 Å². The molecule has 0 unspecified atom stereocenters. The van der Waals surface area contributed by atoms with Gasteiger partial charge in [0.2, 0.25) is 5.95 Å². The first-order valence-electron chi connectivity index (χ1n) is 9.67. The van der Waals surface area contributed by atoms with Crippen LogP contribution < -0.4 is 4.90 Å². The van der Waals surface area contributed by atoms with Gasteiger partial charge in [-0.3, -0.25) is 4.90 Å². The Morgan fingerprint density at radius 1 is 1.08 bits per heavy atom. The van der Waals surface area contributed by atoms with Crippen molar-refractivity contribution in [2.24, 2.45) is 5.41 Å². The molecule has 0 amide bonds. The van der Waals surface area contributed by atoms with Gasteiger partial charge in [0, 0.05) is 38.2 Å². The normalized spacial score (nSPS) is 33.9. The maximum absolute atomic E-state index is 13.1. The van der Waals surface area contributed by atoms with Crippen LogP contribution >= 0.6 is 0 Å². The minimum Gasteiger partial charge on any atom is -0.381 e. The van der Waals surface area contributed by atoms with Crippen LogP contribution in [-0.2, 0) is 4.74 Å². The maximum atomic E-state index is 13.1. The smallest absolute Gasteiger partial charge is 0.225 e. The third-order valence-corrected chi connectivity index (χ3v) is 6.51. The van der Waals surface area contributed by atoms with Crippen molar-refractivity contribution in [2.45, 2.75) is 57.1 Å². The summed E-state index contributed by atoms with van der Waals surface area (Å²) in [7, 11) is 1.84. The van der Waals surface area contributed by atoms with E-state index in [4.69, 9.17) is 4.74 Å². The van der Waals surface area contributed by atoms with Gasteiger partial charge in [-0.25, -0.2) is 14.4 Å². The summed E-state index contributed by atoms with van der Waals surface area (Å²) in [4.78, 5) is 13.4. The summed E-state index contributed by atoms with van der Waals surface area (Å²) in [6.07, 6.45) is 11.7. The lowest BCUT2D eigenvalue weighted by Gasteiger charge is -2.41. The van der Waals surface area contributed by atoms with Crippen molar-refractivity contribution in [3.05, 3.63) is 18.2 Å². The predicted molar refractivity (Wildman–Crippen MR) is 95.1 cm³/mol. The molecule has 25 heavy (non-hydrogen) atoms. The van der Waals surface area contributed by atoms with Gasteiger partial charge in [-0.05, 0) is 51.5 Å². The maximum Gasteiger partial charge on any atom is 0.225 e. The molecule has 1 aromatic rings. The molecule has 1 aliphatic carbocycles. The molecule has 5 nitrogen and oxygen atoms in total. The second-order valence-electron chi connectivity index (χ2n) is 8.11. The molecule has 3 fully saturated rings. The largest absolute Gasteiger partial charge is 0.381 e. The number of methoxy groups -OCH3 is 1. The van der Waals surface area contributed by atoms with Gasteiger partial charge in [-0.2, -0.15) is 0 Å². The third-order valence-electron chi connectivity index (χ3n) is 6.51. The fourth-order valence-corrected chi connectivity index (χ4v) is 5.11. The molecule has 2 aliphatic heterocycles. The Kier molecular flexibility index (Phi) is 4.91. The highest BCUT2D eigenvalue weighted by atomic mass is 19.1. The van der Waals surface area contributed by atoms with Crippen LogP contribution in [0, 0.1) is 11.2 Å². The van der Waals surface area contributed by atoms with E-state index in [1.807, 2.05) is 7.11 Å². The Bertz CT molecular complexity index is 575. The molecule has 1 atom stereocenters. The number of hydrogen-bond acceptors (Lipinski definition) is 5. The van der Waals surface area contributed by atoms with E-state index in [9.17, 15) is 4.39 Å². The average molecular weight is 348 g/mol. The number of piperidine rings is 1. The Balaban J connectivity index is 1.38. The van der Waals surface area contributed by atoms with Gasteiger partial charge in [-0.15, -0.1) is 0 Å². The lowest BCUT2D eigenvalue weighted by Crippen LogP contribution is -2.47.